The van der Waals surface area contributed by atoms with Gasteiger partial charge < -0.3 is 15.0 Å². The van der Waals surface area contributed by atoms with E-state index in [0.717, 1.165) is 12.2 Å². The molecule has 0 bridgehead atoms. The summed E-state index contributed by atoms with van der Waals surface area (Å²) >= 11 is 0. The molecule has 6 nitrogen and oxygen atoms in total. The van der Waals surface area contributed by atoms with Crippen molar-refractivity contribution < 1.29 is 14.7 Å². The topological polar surface area (TPSA) is 84.2 Å². The molecule has 0 aliphatic heterocycles. The molecule has 0 aromatic carbocycles. The Kier molecular flexibility index (Phi) is 4.08. The van der Waals surface area contributed by atoms with Crippen molar-refractivity contribution >= 4 is 11.9 Å². The van der Waals surface area contributed by atoms with Crippen molar-refractivity contribution in [1.29, 1.82) is 0 Å². The lowest BCUT2D eigenvalue weighted by atomic mass is 10.4. The maximum absolute atomic E-state index is 11.0. The molecule has 0 radical (unpaired) electrons. The normalized spacial score (nSPS) is 10.4. The molecule has 1 rings (SSSR count). The van der Waals surface area contributed by atoms with Crippen LogP contribution in [0.2, 0.25) is 0 Å². The van der Waals surface area contributed by atoms with Gasteiger partial charge in [-0.05, 0) is 0 Å². The third kappa shape index (κ3) is 4.61. The molecule has 0 saturated heterocycles. The van der Waals surface area contributed by atoms with Crippen LogP contribution in [-0.2, 0) is 16.1 Å². The Morgan fingerprint density at radius 3 is 2.87 bits per heavy atom. The van der Waals surface area contributed by atoms with Gasteiger partial charge in [-0.15, -0.1) is 0 Å². The molecule has 0 unspecified atom stereocenters. The Morgan fingerprint density at radius 1 is 1.47 bits per heavy atom. The third-order valence-electron chi connectivity index (χ3n) is 1.61. The SMILES string of the molecule is O=C(O)/C=C/C(=O)NCCn1ccnc1. The molecule has 2 N–H and O–H groups in total. The predicted molar refractivity (Wildman–Crippen MR) is 52.0 cm³/mol. The molecule has 15 heavy (non-hydrogen) atoms. The van der Waals surface area contributed by atoms with Gasteiger partial charge in [0.05, 0.1) is 6.33 Å². The van der Waals surface area contributed by atoms with Crippen molar-refractivity contribution in [3.8, 4) is 0 Å². The summed E-state index contributed by atoms with van der Waals surface area (Å²) < 4.78 is 1.81. The highest BCUT2D eigenvalue weighted by molar-refractivity contribution is 5.93. The maximum Gasteiger partial charge on any atom is 0.328 e. The standard InChI is InChI=1S/C9H11N3O3/c13-8(1-2-9(14)15)11-4-6-12-5-3-10-7-12/h1-3,5,7H,4,6H2,(H,11,13)(H,14,15)/b2-1+. The maximum atomic E-state index is 11.0. The number of carboxylic acid groups (broad SMARTS) is 1. The lowest BCUT2D eigenvalue weighted by molar-refractivity contribution is -0.131. The first-order valence-corrected chi connectivity index (χ1v) is 4.33. The quantitative estimate of drug-likeness (QED) is 0.648. The second-order valence-corrected chi connectivity index (χ2v) is 2.76. The fourth-order valence-corrected chi connectivity index (χ4v) is 0.933. The minimum atomic E-state index is -1.14. The number of hydrogen-bond acceptors (Lipinski definition) is 3. The number of aromatic nitrogens is 2. The van der Waals surface area contributed by atoms with E-state index in [1.807, 2.05) is 0 Å². The summed E-state index contributed by atoms with van der Waals surface area (Å²) in [6, 6.07) is 0. The first-order chi connectivity index (χ1) is 7.18. The Labute approximate surface area is 86.2 Å². The van der Waals surface area contributed by atoms with Gasteiger partial charge in [-0.1, -0.05) is 0 Å². The van der Waals surface area contributed by atoms with Crippen LogP contribution >= 0.6 is 0 Å². The van der Waals surface area contributed by atoms with Crippen LogP contribution in [0.25, 0.3) is 0 Å². The average molecular weight is 209 g/mol. The summed E-state index contributed by atoms with van der Waals surface area (Å²) in [4.78, 5) is 24.9. The molecule has 0 aliphatic rings. The smallest absolute Gasteiger partial charge is 0.328 e. The van der Waals surface area contributed by atoms with E-state index in [0.29, 0.717) is 13.1 Å². The highest BCUT2D eigenvalue weighted by Gasteiger charge is 1.96. The predicted octanol–water partition coefficient (Wildman–Crippen LogP) is -0.360. The summed E-state index contributed by atoms with van der Waals surface area (Å²) in [5.74, 6) is -1.56. The van der Waals surface area contributed by atoms with Crippen molar-refractivity contribution in [3.63, 3.8) is 0 Å². The number of nitrogens with one attached hydrogen (secondary N) is 1. The summed E-state index contributed by atoms with van der Waals surface area (Å²) in [7, 11) is 0. The van der Waals surface area contributed by atoms with Crippen molar-refractivity contribution in [2.45, 2.75) is 6.54 Å². The van der Waals surface area contributed by atoms with Crippen LogP contribution in [0.1, 0.15) is 0 Å². The molecule has 0 fully saturated rings. The van der Waals surface area contributed by atoms with Gasteiger partial charge in [-0.3, -0.25) is 4.79 Å². The van der Waals surface area contributed by atoms with Crippen molar-refractivity contribution in [2.24, 2.45) is 0 Å². The van der Waals surface area contributed by atoms with Gasteiger partial charge >= 0.3 is 5.97 Å². The summed E-state index contributed by atoms with van der Waals surface area (Å²) in [5.41, 5.74) is 0. The van der Waals surface area contributed by atoms with Crippen LogP contribution in [0, 0.1) is 0 Å². The van der Waals surface area contributed by atoms with E-state index in [-0.39, 0.29) is 0 Å². The van der Waals surface area contributed by atoms with E-state index in [4.69, 9.17) is 5.11 Å². The van der Waals surface area contributed by atoms with Crippen molar-refractivity contribution in [2.75, 3.05) is 6.54 Å². The monoisotopic (exact) mass is 209 g/mol. The number of amides is 1. The van der Waals surface area contributed by atoms with Crippen LogP contribution in [0.15, 0.2) is 30.9 Å². The highest BCUT2D eigenvalue weighted by Crippen LogP contribution is 1.83. The lowest BCUT2D eigenvalue weighted by Gasteiger charge is -2.02. The van der Waals surface area contributed by atoms with Crippen LogP contribution in [0.4, 0.5) is 0 Å². The summed E-state index contributed by atoms with van der Waals surface area (Å²) in [6.45, 7) is 1.03. The fourth-order valence-electron chi connectivity index (χ4n) is 0.933. The largest absolute Gasteiger partial charge is 0.478 e. The van der Waals surface area contributed by atoms with Gasteiger partial charge in [0.25, 0.3) is 0 Å². The number of rotatable bonds is 5. The fraction of sp³-hybridized carbons (Fsp3) is 0.222. The first-order valence-electron chi connectivity index (χ1n) is 4.33. The number of carboxylic acids is 1. The van der Waals surface area contributed by atoms with E-state index in [1.165, 1.54) is 0 Å². The van der Waals surface area contributed by atoms with E-state index < -0.39 is 11.9 Å². The number of aliphatic carboxylic acids is 1. The molecule has 6 heteroatoms. The van der Waals surface area contributed by atoms with Gasteiger partial charge in [-0.2, -0.15) is 0 Å². The molecule has 0 aliphatic carbocycles. The van der Waals surface area contributed by atoms with Gasteiger partial charge in [0.1, 0.15) is 0 Å². The Balaban J connectivity index is 2.20. The molecular formula is C9H11N3O3. The number of carbonyl (C=O) groups is 2. The molecule has 1 aromatic heterocycles. The Morgan fingerprint density at radius 2 is 2.27 bits per heavy atom. The van der Waals surface area contributed by atoms with Crippen LogP contribution in [-0.4, -0.2) is 33.1 Å². The second-order valence-electron chi connectivity index (χ2n) is 2.76. The van der Waals surface area contributed by atoms with Gasteiger partial charge in [0.15, 0.2) is 0 Å². The van der Waals surface area contributed by atoms with E-state index in [1.54, 1.807) is 23.3 Å². The molecule has 0 atom stereocenters. The zero-order valence-corrected chi connectivity index (χ0v) is 7.96. The van der Waals surface area contributed by atoms with E-state index >= 15 is 0 Å². The molecule has 0 spiro atoms. The summed E-state index contributed by atoms with van der Waals surface area (Å²) in [6.07, 6.45) is 6.84. The van der Waals surface area contributed by atoms with Crippen LogP contribution < -0.4 is 5.32 Å². The molecule has 0 saturated carbocycles. The number of hydrogen-bond donors (Lipinski definition) is 2. The molecular weight excluding hydrogens is 198 g/mol. The third-order valence-corrected chi connectivity index (χ3v) is 1.61. The van der Waals surface area contributed by atoms with Gasteiger partial charge in [0, 0.05) is 37.6 Å². The number of carbonyl (C=O) groups excluding carboxylic acids is 1. The zero-order valence-electron chi connectivity index (χ0n) is 7.96. The van der Waals surface area contributed by atoms with Crippen molar-refractivity contribution in [3.05, 3.63) is 30.9 Å². The van der Waals surface area contributed by atoms with Crippen LogP contribution in [0.3, 0.4) is 0 Å². The summed E-state index contributed by atoms with van der Waals surface area (Å²) in [5, 5.41) is 10.8. The zero-order chi connectivity index (χ0) is 11.1. The minimum Gasteiger partial charge on any atom is -0.478 e. The molecule has 80 valence electrons. The molecule has 1 amide bonds. The van der Waals surface area contributed by atoms with Gasteiger partial charge in [0.2, 0.25) is 5.91 Å². The second kappa shape index (κ2) is 5.58. The molecule has 1 aromatic rings. The Hall–Kier alpha value is -2.11. The van der Waals surface area contributed by atoms with E-state index in [2.05, 4.69) is 10.3 Å². The van der Waals surface area contributed by atoms with Gasteiger partial charge in [-0.25, -0.2) is 9.78 Å². The number of nitrogens with zero attached hydrogens (tertiary/aromatic N) is 2. The van der Waals surface area contributed by atoms with E-state index in [9.17, 15) is 9.59 Å². The molecule has 1 heterocycles. The average Bonchev–Trinajstić information content (AvgIpc) is 2.67. The Bertz CT molecular complexity index is 357. The van der Waals surface area contributed by atoms with Crippen LogP contribution in [0.5, 0.6) is 0 Å². The van der Waals surface area contributed by atoms with Crippen molar-refractivity contribution in [1.82, 2.24) is 14.9 Å². The first kappa shape index (κ1) is 11.0. The number of imidazole rings is 1. The highest BCUT2D eigenvalue weighted by atomic mass is 16.4. The lowest BCUT2D eigenvalue weighted by Crippen LogP contribution is -2.25. The minimum absolute atomic E-state index is 0.419.